The lowest BCUT2D eigenvalue weighted by molar-refractivity contribution is -0.687. The summed E-state index contributed by atoms with van der Waals surface area (Å²) in [5.74, 6) is -4.59. The lowest BCUT2D eigenvalue weighted by Gasteiger charge is -2.56. The molecule has 4 heterocycles. The first-order valence-electron chi connectivity index (χ1n) is 15.1. The van der Waals surface area contributed by atoms with E-state index < -0.39 is 52.7 Å². The number of carbonyl (C=O) groups is 7. The highest BCUT2D eigenvalue weighted by molar-refractivity contribution is 8.01. The third kappa shape index (κ3) is 6.78. The van der Waals surface area contributed by atoms with Crippen LogP contribution in [-0.4, -0.2) is 118 Å². The number of nitrogens with one attached hydrogen (secondary N) is 3. The van der Waals surface area contributed by atoms with Gasteiger partial charge in [0.25, 0.3) is 5.91 Å². The highest BCUT2D eigenvalue weighted by atomic mass is 32.2. The number of hydrogen-bond acceptors (Lipinski definition) is 10. The summed E-state index contributed by atoms with van der Waals surface area (Å²) in [5, 5.41) is 18.5. The van der Waals surface area contributed by atoms with Crippen molar-refractivity contribution in [2.45, 2.75) is 28.9 Å². The van der Waals surface area contributed by atoms with Crippen molar-refractivity contribution >= 4 is 65.6 Å². The molecule has 2 fully saturated rings. The molecule has 3 atom stereocenters. The molecule has 3 aliphatic heterocycles. The third-order valence-electron chi connectivity index (χ3n) is 8.22. The topological polar surface area (TPSA) is 193 Å². The van der Waals surface area contributed by atoms with Crippen LogP contribution < -0.4 is 25.6 Å². The van der Waals surface area contributed by atoms with Crippen molar-refractivity contribution in [1.29, 1.82) is 0 Å². The number of fused-ring (bicyclic) bond motifs is 1. The molecule has 1 aromatic carbocycles. The summed E-state index contributed by atoms with van der Waals surface area (Å²) >= 11 is 2.57. The van der Waals surface area contributed by atoms with Crippen LogP contribution in [0.3, 0.4) is 0 Å². The fourth-order valence-corrected chi connectivity index (χ4v) is 8.08. The first-order chi connectivity index (χ1) is 23.4. The van der Waals surface area contributed by atoms with Gasteiger partial charge >= 0.3 is 23.8 Å². The Kier molecular flexibility index (Phi) is 10.5. The van der Waals surface area contributed by atoms with Crippen LogP contribution in [0.4, 0.5) is 4.79 Å². The average molecular weight is 712 g/mol. The number of imide groups is 1. The van der Waals surface area contributed by atoms with Crippen molar-refractivity contribution in [2.75, 3.05) is 50.2 Å². The molecule has 7 amide bonds. The molecule has 0 bridgehead atoms. The molecule has 4 N–H and O–H groups in total. The number of carboxylic acid groups (broad SMARTS) is 1. The zero-order valence-electron chi connectivity index (χ0n) is 26.8. The second-order valence-electron chi connectivity index (χ2n) is 11.3. The molecule has 1 unspecified atom stereocenters. The van der Waals surface area contributed by atoms with E-state index in [1.54, 1.807) is 37.3 Å². The van der Waals surface area contributed by atoms with E-state index >= 15 is 0 Å². The number of aliphatic carboxylic acids is 1. The number of hydrogen-bond donors (Lipinski definition) is 4. The van der Waals surface area contributed by atoms with Gasteiger partial charge in [-0.3, -0.25) is 33.8 Å². The maximum atomic E-state index is 13.9. The Labute approximate surface area is 289 Å². The Hall–Kier alpha value is -5.10. The molecular formula is C31H35N8O8S2+. The van der Waals surface area contributed by atoms with E-state index in [0.29, 0.717) is 10.5 Å². The van der Waals surface area contributed by atoms with Crippen molar-refractivity contribution in [3.8, 4) is 0 Å². The maximum absolute atomic E-state index is 13.9. The summed E-state index contributed by atoms with van der Waals surface area (Å²) in [6.07, 6.45) is 3.95. The largest absolute Gasteiger partial charge is 0.477 e. The van der Waals surface area contributed by atoms with Crippen LogP contribution in [-0.2, 0) is 28.8 Å². The molecular weight excluding hydrogens is 677 g/mol. The zero-order chi connectivity index (χ0) is 35.5. The number of likely N-dealkylation sites (N-methyl/N-ethyl adjacent to an activating group) is 1. The highest BCUT2D eigenvalue weighted by Gasteiger charge is 2.66. The van der Waals surface area contributed by atoms with Crippen molar-refractivity contribution in [2.24, 2.45) is 0 Å². The van der Waals surface area contributed by atoms with E-state index in [1.165, 1.54) is 16.7 Å². The number of pyridine rings is 1. The molecule has 258 valence electrons. The minimum atomic E-state index is -2.04. The fraction of sp³-hybridized carbons (Fsp3) is 0.355. The van der Waals surface area contributed by atoms with Gasteiger partial charge in [0, 0.05) is 48.2 Å². The second-order valence-corrected chi connectivity index (χ2v) is 13.5. The van der Waals surface area contributed by atoms with Crippen LogP contribution in [0.5, 0.6) is 0 Å². The van der Waals surface area contributed by atoms with Crippen molar-refractivity contribution in [1.82, 2.24) is 30.7 Å². The van der Waals surface area contributed by atoms with E-state index in [-0.39, 0.29) is 48.8 Å². The summed E-state index contributed by atoms with van der Waals surface area (Å²) in [5.41, 5.74) is -1.51. The van der Waals surface area contributed by atoms with Gasteiger partial charge < -0.3 is 26.0 Å². The Bertz CT molecular complexity index is 1710. The predicted octanol–water partition coefficient (Wildman–Crippen LogP) is -0.782. The third-order valence-corrected chi connectivity index (χ3v) is 10.7. The summed E-state index contributed by atoms with van der Waals surface area (Å²) in [7, 11) is 3.77. The van der Waals surface area contributed by atoms with Gasteiger partial charge in [-0.1, -0.05) is 35.0 Å². The number of piperazine rings is 1. The number of thioether (sulfide) groups is 2. The SMILES string of the molecule is CCN1CCN(C(=O)NC(C(=O)N[C@]2(NC=O)C(=O)N3C(C(=O)O)=C(CSc4cc[n+](N(C)C)cc4)CS[C@@H]32)c2ccccc2)C(=O)C1=O. The fourth-order valence-electron chi connectivity index (χ4n) is 5.63. The van der Waals surface area contributed by atoms with E-state index in [0.717, 1.165) is 21.6 Å². The number of benzene rings is 1. The first-order valence-corrected chi connectivity index (χ1v) is 17.2. The lowest BCUT2D eigenvalue weighted by Crippen LogP contribution is -2.85. The molecule has 0 saturated carbocycles. The number of urea groups is 1. The number of carboxylic acids is 1. The molecule has 3 aliphatic rings. The van der Waals surface area contributed by atoms with Crippen molar-refractivity contribution in [3.63, 3.8) is 0 Å². The standard InChI is InChI=1S/C31H34N8O8S2/c1-4-36-14-15-38(26(43)25(36)42)30(47)33-22(19-8-6-5-7-9-19)24(41)34-31(32-18-40)28(46)39-23(27(44)45)20(17-49-29(31)39)16-48-21-10-12-37(13-11-21)35(2)3/h5-13,18,22,29H,4,14-17H2,1-3H3,(H3-,32,33,34,40,41,44,45,47)/p+1/t22?,29-,31-/m1/s1. The molecule has 0 spiro atoms. The van der Waals surface area contributed by atoms with Gasteiger partial charge in [-0.2, -0.15) is 5.01 Å². The average Bonchev–Trinajstić information content (AvgIpc) is 3.10. The van der Waals surface area contributed by atoms with Crippen LogP contribution in [0.15, 0.2) is 71.0 Å². The molecule has 2 aromatic rings. The number of β-lactam (4-membered cyclic amide) rings is 1. The number of aromatic nitrogens is 1. The van der Waals surface area contributed by atoms with Gasteiger partial charge in [0.15, 0.2) is 0 Å². The zero-order valence-corrected chi connectivity index (χ0v) is 28.5. The summed E-state index contributed by atoms with van der Waals surface area (Å²) in [6, 6.07) is 9.28. The number of nitrogens with zero attached hydrogens (tertiary/aromatic N) is 5. The summed E-state index contributed by atoms with van der Waals surface area (Å²) in [6.45, 7) is 2.01. The van der Waals surface area contributed by atoms with Crippen LogP contribution in [0.1, 0.15) is 18.5 Å². The van der Waals surface area contributed by atoms with Crippen LogP contribution in [0, 0.1) is 0 Å². The van der Waals surface area contributed by atoms with Crippen LogP contribution in [0.2, 0.25) is 0 Å². The Morgan fingerprint density at radius 2 is 1.80 bits per heavy atom. The van der Waals surface area contributed by atoms with Gasteiger partial charge in [-0.15, -0.1) is 23.5 Å². The van der Waals surface area contributed by atoms with Gasteiger partial charge in [-0.25, -0.2) is 9.59 Å². The van der Waals surface area contributed by atoms with E-state index in [9.17, 15) is 38.7 Å². The number of carbonyl (C=O) groups excluding carboxylic acids is 6. The minimum absolute atomic E-state index is 0.0958. The smallest absolute Gasteiger partial charge is 0.352 e. The monoisotopic (exact) mass is 711 g/mol. The van der Waals surface area contributed by atoms with Crippen LogP contribution in [0.25, 0.3) is 0 Å². The van der Waals surface area contributed by atoms with E-state index in [2.05, 4.69) is 16.0 Å². The minimum Gasteiger partial charge on any atom is -0.477 e. The van der Waals surface area contributed by atoms with Crippen LogP contribution >= 0.6 is 23.5 Å². The van der Waals surface area contributed by atoms with Gasteiger partial charge in [0.05, 0.1) is 14.1 Å². The molecule has 5 rings (SSSR count). The molecule has 16 nitrogen and oxygen atoms in total. The van der Waals surface area contributed by atoms with Gasteiger partial charge in [-0.05, 0) is 18.1 Å². The summed E-state index contributed by atoms with van der Waals surface area (Å²) < 4.78 is 1.86. The molecule has 2 saturated heterocycles. The Balaban J connectivity index is 1.37. The molecule has 18 heteroatoms. The second kappa shape index (κ2) is 14.6. The maximum Gasteiger partial charge on any atom is 0.352 e. The van der Waals surface area contributed by atoms with Crippen molar-refractivity contribution < 1.29 is 43.3 Å². The predicted molar refractivity (Wildman–Crippen MR) is 177 cm³/mol. The summed E-state index contributed by atoms with van der Waals surface area (Å²) in [4.78, 5) is 94.4. The molecule has 0 radical (unpaired) electrons. The molecule has 1 aromatic heterocycles. The quantitative estimate of drug-likeness (QED) is 0.0539. The van der Waals surface area contributed by atoms with E-state index in [1.807, 2.05) is 48.3 Å². The van der Waals surface area contributed by atoms with E-state index in [4.69, 9.17) is 0 Å². The Morgan fingerprint density at radius 3 is 2.41 bits per heavy atom. The number of rotatable bonds is 12. The highest BCUT2D eigenvalue weighted by Crippen LogP contribution is 2.46. The molecule has 0 aliphatic carbocycles. The molecule has 49 heavy (non-hydrogen) atoms. The van der Waals surface area contributed by atoms with Gasteiger partial charge in [0.2, 0.25) is 30.4 Å². The first kappa shape index (κ1) is 35.2. The normalized spacial score (nSPS) is 21.0. The van der Waals surface area contributed by atoms with Crippen molar-refractivity contribution in [3.05, 3.63) is 71.7 Å². The Morgan fingerprint density at radius 1 is 1.10 bits per heavy atom. The number of amides is 7. The van der Waals surface area contributed by atoms with Gasteiger partial charge in [0.1, 0.15) is 17.1 Å². The lowest BCUT2D eigenvalue weighted by atomic mass is 9.94.